The fourth-order valence-electron chi connectivity index (χ4n) is 2.13. The van der Waals surface area contributed by atoms with Crippen molar-refractivity contribution < 1.29 is 8.42 Å². The molecule has 114 valence electrons. The maximum absolute atomic E-state index is 12.8. The molecule has 2 N–H and O–H groups in total. The van der Waals surface area contributed by atoms with Crippen LogP contribution in [-0.2, 0) is 10.2 Å². The van der Waals surface area contributed by atoms with Crippen LogP contribution in [0.15, 0.2) is 24.3 Å². The summed E-state index contributed by atoms with van der Waals surface area (Å²) in [4.78, 5) is 0. The molecule has 0 aliphatic carbocycles. The molecule has 20 heavy (non-hydrogen) atoms. The number of nitrogens with zero attached hydrogens (tertiary/aromatic N) is 2. The van der Waals surface area contributed by atoms with Gasteiger partial charge in [-0.2, -0.15) is 12.7 Å². The second-order valence-electron chi connectivity index (χ2n) is 4.59. The van der Waals surface area contributed by atoms with Crippen molar-refractivity contribution in [3.05, 3.63) is 29.8 Å². The summed E-state index contributed by atoms with van der Waals surface area (Å²) < 4.78 is 28.5. The van der Waals surface area contributed by atoms with Crippen LogP contribution < -0.4 is 10.0 Å². The van der Waals surface area contributed by atoms with E-state index in [1.165, 1.54) is 8.61 Å². The van der Waals surface area contributed by atoms with E-state index in [1.807, 2.05) is 45.0 Å². The van der Waals surface area contributed by atoms with Gasteiger partial charge in [-0.1, -0.05) is 32.0 Å². The van der Waals surface area contributed by atoms with Gasteiger partial charge in [0.15, 0.2) is 0 Å². The molecule has 0 atom stereocenters. The van der Waals surface area contributed by atoms with Crippen molar-refractivity contribution in [3.8, 4) is 0 Å². The van der Waals surface area contributed by atoms with Gasteiger partial charge in [0.2, 0.25) is 0 Å². The van der Waals surface area contributed by atoms with Gasteiger partial charge in [-0.3, -0.25) is 4.31 Å². The molecule has 6 heteroatoms. The summed E-state index contributed by atoms with van der Waals surface area (Å²) in [6.45, 7) is 7.41. The number of aryl methyl sites for hydroxylation is 1. The van der Waals surface area contributed by atoms with E-state index < -0.39 is 10.2 Å². The molecule has 0 amide bonds. The lowest BCUT2D eigenvalue weighted by atomic mass is 10.2. The Kier molecular flexibility index (Phi) is 6.45. The fraction of sp³-hybridized carbons (Fsp3) is 0.571. The second-order valence-corrected chi connectivity index (χ2v) is 6.45. The third-order valence-electron chi connectivity index (χ3n) is 3.26. The molecule has 0 aliphatic rings. The summed E-state index contributed by atoms with van der Waals surface area (Å²) >= 11 is 0. The van der Waals surface area contributed by atoms with Gasteiger partial charge in [0, 0.05) is 19.6 Å². The minimum Gasteiger partial charge on any atom is -0.330 e. The highest BCUT2D eigenvalue weighted by molar-refractivity contribution is 7.90. The zero-order valence-corrected chi connectivity index (χ0v) is 13.4. The standard InChI is InChI=1S/C14H25N3O2S/c1-4-16(5-2)20(18,19)17(12-8-11-15)14-10-7-6-9-13(14)3/h6-7,9-10H,4-5,8,11-12,15H2,1-3H3. The smallest absolute Gasteiger partial charge is 0.304 e. The van der Waals surface area contributed by atoms with Crippen molar-refractivity contribution >= 4 is 15.9 Å². The van der Waals surface area contributed by atoms with Gasteiger partial charge < -0.3 is 5.73 Å². The number of nitrogens with two attached hydrogens (primary N) is 1. The summed E-state index contributed by atoms with van der Waals surface area (Å²) in [5.74, 6) is 0. The van der Waals surface area contributed by atoms with E-state index in [-0.39, 0.29) is 0 Å². The van der Waals surface area contributed by atoms with Gasteiger partial charge in [-0.25, -0.2) is 0 Å². The molecule has 1 rings (SSSR count). The highest BCUT2D eigenvalue weighted by Gasteiger charge is 2.28. The largest absolute Gasteiger partial charge is 0.330 e. The number of anilines is 1. The molecule has 1 aromatic rings. The van der Waals surface area contributed by atoms with Crippen molar-refractivity contribution in [3.63, 3.8) is 0 Å². The fourth-order valence-corrected chi connectivity index (χ4v) is 3.87. The monoisotopic (exact) mass is 299 g/mol. The van der Waals surface area contributed by atoms with E-state index in [0.29, 0.717) is 32.6 Å². The van der Waals surface area contributed by atoms with E-state index in [1.54, 1.807) is 0 Å². The summed E-state index contributed by atoms with van der Waals surface area (Å²) in [5.41, 5.74) is 7.22. The molecule has 0 unspecified atom stereocenters. The SMILES string of the molecule is CCN(CC)S(=O)(=O)N(CCCN)c1ccccc1C. The van der Waals surface area contributed by atoms with Crippen LogP contribution in [0.25, 0.3) is 0 Å². The van der Waals surface area contributed by atoms with Crippen LogP contribution in [0.5, 0.6) is 0 Å². The molecular formula is C14H25N3O2S. The van der Waals surface area contributed by atoms with Crippen molar-refractivity contribution in [1.29, 1.82) is 0 Å². The minimum atomic E-state index is -3.50. The van der Waals surface area contributed by atoms with Crippen LogP contribution in [0.2, 0.25) is 0 Å². The molecule has 0 bridgehead atoms. The first kappa shape index (κ1) is 16.9. The van der Waals surface area contributed by atoms with Crippen molar-refractivity contribution in [2.45, 2.75) is 27.2 Å². The molecule has 5 nitrogen and oxygen atoms in total. The third-order valence-corrected chi connectivity index (χ3v) is 5.36. The van der Waals surface area contributed by atoms with Crippen LogP contribution in [-0.4, -0.2) is 38.9 Å². The Bertz CT molecular complexity index is 513. The molecule has 0 aliphatic heterocycles. The van der Waals surface area contributed by atoms with Crippen LogP contribution >= 0.6 is 0 Å². The first-order chi connectivity index (χ1) is 9.48. The Morgan fingerprint density at radius 3 is 2.25 bits per heavy atom. The summed E-state index contributed by atoms with van der Waals surface area (Å²) in [7, 11) is -3.50. The van der Waals surface area contributed by atoms with E-state index >= 15 is 0 Å². The highest BCUT2D eigenvalue weighted by Crippen LogP contribution is 2.24. The van der Waals surface area contributed by atoms with Gasteiger partial charge in [-0.05, 0) is 31.5 Å². The number of benzene rings is 1. The lowest BCUT2D eigenvalue weighted by Crippen LogP contribution is -2.45. The lowest BCUT2D eigenvalue weighted by molar-refractivity contribution is 0.441. The average molecular weight is 299 g/mol. The second kappa shape index (κ2) is 7.61. The summed E-state index contributed by atoms with van der Waals surface area (Å²) in [5, 5.41) is 0. The number of hydrogen-bond donors (Lipinski definition) is 1. The Morgan fingerprint density at radius 2 is 1.75 bits per heavy atom. The van der Waals surface area contributed by atoms with Crippen molar-refractivity contribution in [2.75, 3.05) is 30.5 Å². The molecule has 0 saturated carbocycles. The molecule has 0 aromatic heterocycles. The van der Waals surface area contributed by atoms with E-state index in [9.17, 15) is 8.42 Å². The topological polar surface area (TPSA) is 66.6 Å². The lowest BCUT2D eigenvalue weighted by Gasteiger charge is -2.31. The van der Waals surface area contributed by atoms with Crippen LogP contribution in [0.4, 0.5) is 5.69 Å². The predicted molar refractivity (Wildman–Crippen MR) is 84.0 cm³/mol. The molecule has 1 aromatic carbocycles. The highest BCUT2D eigenvalue weighted by atomic mass is 32.2. The predicted octanol–water partition coefficient (Wildman–Crippen LogP) is 1.74. The van der Waals surface area contributed by atoms with E-state index in [4.69, 9.17) is 5.73 Å². The van der Waals surface area contributed by atoms with Gasteiger partial charge >= 0.3 is 10.2 Å². The minimum absolute atomic E-state index is 0.403. The third kappa shape index (κ3) is 3.71. The zero-order chi connectivity index (χ0) is 15.2. The Balaban J connectivity index is 3.22. The Hall–Kier alpha value is -1.11. The van der Waals surface area contributed by atoms with Crippen LogP contribution in [0.3, 0.4) is 0 Å². The summed E-state index contributed by atoms with van der Waals surface area (Å²) in [6.07, 6.45) is 0.634. The molecule has 0 fully saturated rings. The first-order valence-electron chi connectivity index (χ1n) is 7.02. The van der Waals surface area contributed by atoms with Crippen molar-refractivity contribution in [1.82, 2.24) is 4.31 Å². The average Bonchev–Trinajstić information content (AvgIpc) is 2.42. The molecule has 0 radical (unpaired) electrons. The quantitative estimate of drug-likeness (QED) is 0.795. The van der Waals surface area contributed by atoms with Crippen LogP contribution in [0.1, 0.15) is 25.8 Å². The first-order valence-corrected chi connectivity index (χ1v) is 8.42. The number of rotatable bonds is 8. The number of hydrogen-bond acceptors (Lipinski definition) is 3. The van der Waals surface area contributed by atoms with Gasteiger partial charge in [0.1, 0.15) is 0 Å². The van der Waals surface area contributed by atoms with Crippen molar-refractivity contribution in [2.24, 2.45) is 5.73 Å². The maximum Gasteiger partial charge on any atom is 0.304 e. The molecule has 0 saturated heterocycles. The summed E-state index contributed by atoms with van der Waals surface area (Å²) in [6, 6.07) is 7.52. The van der Waals surface area contributed by atoms with E-state index in [2.05, 4.69) is 0 Å². The molecular weight excluding hydrogens is 274 g/mol. The van der Waals surface area contributed by atoms with Gasteiger partial charge in [0.05, 0.1) is 5.69 Å². The Morgan fingerprint density at radius 1 is 1.15 bits per heavy atom. The Labute approximate surface area is 122 Å². The maximum atomic E-state index is 12.8. The van der Waals surface area contributed by atoms with E-state index in [0.717, 1.165) is 11.3 Å². The molecule has 0 heterocycles. The van der Waals surface area contributed by atoms with Gasteiger partial charge in [0.25, 0.3) is 0 Å². The normalized spacial score (nSPS) is 11.8. The van der Waals surface area contributed by atoms with Crippen LogP contribution in [0, 0.1) is 6.92 Å². The zero-order valence-electron chi connectivity index (χ0n) is 12.5. The molecule has 0 spiro atoms. The number of para-hydroxylation sites is 1. The van der Waals surface area contributed by atoms with Gasteiger partial charge in [-0.15, -0.1) is 0 Å².